The van der Waals surface area contributed by atoms with Crippen molar-refractivity contribution in [3.63, 3.8) is 0 Å². The summed E-state index contributed by atoms with van der Waals surface area (Å²) in [5.74, 6) is -0.0227. The van der Waals surface area contributed by atoms with Gasteiger partial charge in [0.1, 0.15) is 0 Å². The van der Waals surface area contributed by atoms with E-state index in [9.17, 15) is 9.59 Å². The molecule has 2 aromatic rings. The van der Waals surface area contributed by atoms with Gasteiger partial charge < -0.3 is 10.2 Å². The molecule has 0 spiro atoms. The predicted molar refractivity (Wildman–Crippen MR) is 102 cm³/mol. The van der Waals surface area contributed by atoms with E-state index in [0.29, 0.717) is 6.54 Å². The number of benzene rings is 1. The number of anilines is 2. The topological polar surface area (TPSA) is 67.2 Å². The molecular weight excluding hydrogens is 328 g/mol. The third kappa shape index (κ3) is 3.36. The zero-order valence-electron chi connectivity index (χ0n) is 15.1. The SMILES string of the molecule is Cn1ncc(N2CCC[C@H](C(=O)Nc3ccc4c(c3)CCC4)C2)cc1=O. The lowest BCUT2D eigenvalue weighted by atomic mass is 9.96. The van der Waals surface area contributed by atoms with Crippen molar-refractivity contribution in [2.24, 2.45) is 13.0 Å². The van der Waals surface area contributed by atoms with Crippen LogP contribution in [0.1, 0.15) is 30.4 Å². The maximum absolute atomic E-state index is 12.7. The average Bonchev–Trinajstić information content (AvgIpc) is 3.12. The molecule has 0 unspecified atom stereocenters. The Labute approximate surface area is 152 Å². The van der Waals surface area contributed by atoms with Gasteiger partial charge in [-0.1, -0.05) is 6.07 Å². The molecule has 1 aromatic carbocycles. The molecular formula is C20H24N4O2. The molecule has 2 aliphatic rings. The van der Waals surface area contributed by atoms with Gasteiger partial charge in [0.05, 0.1) is 17.8 Å². The molecule has 136 valence electrons. The minimum Gasteiger partial charge on any atom is -0.369 e. The maximum atomic E-state index is 12.7. The maximum Gasteiger partial charge on any atom is 0.268 e. The van der Waals surface area contributed by atoms with Crippen LogP contribution < -0.4 is 15.8 Å². The van der Waals surface area contributed by atoms with Crippen molar-refractivity contribution in [2.45, 2.75) is 32.1 Å². The van der Waals surface area contributed by atoms with Crippen molar-refractivity contribution in [2.75, 3.05) is 23.3 Å². The number of rotatable bonds is 3. The molecule has 6 nitrogen and oxygen atoms in total. The largest absolute Gasteiger partial charge is 0.369 e. The van der Waals surface area contributed by atoms with Crippen LogP contribution in [-0.4, -0.2) is 28.8 Å². The lowest BCUT2D eigenvalue weighted by Gasteiger charge is -2.33. The molecule has 1 saturated heterocycles. The van der Waals surface area contributed by atoms with Crippen molar-refractivity contribution < 1.29 is 4.79 Å². The van der Waals surface area contributed by atoms with E-state index in [1.54, 1.807) is 19.3 Å². The van der Waals surface area contributed by atoms with Gasteiger partial charge in [-0.15, -0.1) is 0 Å². The summed E-state index contributed by atoms with van der Waals surface area (Å²) >= 11 is 0. The summed E-state index contributed by atoms with van der Waals surface area (Å²) in [7, 11) is 1.63. The van der Waals surface area contributed by atoms with Crippen molar-refractivity contribution in [1.29, 1.82) is 0 Å². The molecule has 0 bridgehead atoms. The Hall–Kier alpha value is -2.63. The second-order valence-electron chi connectivity index (χ2n) is 7.29. The van der Waals surface area contributed by atoms with Crippen LogP contribution in [0.2, 0.25) is 0 Å². The molecule has 1 atom stereocenters. The number of nitrogens with zero attached hydrogens (tertiary/aromatic N) is 3. The van der Waals surface area contributed by atoms with Crippen LogP contribution in [0, 0.1) is 5.92 Å². The van der Waals surface area contributed by atoms with Crippen LogP contribution in [0.5, 0.6) is 0 Å². The number of hydrogen-bond donors (Lipinski definition) is 1. The molecule has 0 saturated carbocycles. The number of fused-ring (bicyclic) bond motifs is 1. The fourth-order valence-corrected chi connectivity index (χ4v) is 3.95. The molecule has 4 rings (SSSR count). The number of aryl methyl sites for hydroxylation is 3. The molecule has 6 heteroatoms. The molecule has 1 aliphatic heterocycles. The van der Waals surface area contributed by atoms with E-state index in [4.69, 9.17) is 0 Å². The normalized spacial score (nSPS) is 19.3. The van der Waals surface area contributed by atoms with Crippen molar-refractivity contribution in [3.8, 4) is 0 Å². The number of carbonyl (C=O) groups is 1. The summed E-state index contributed by atoms with van der Waals surface area (Å²) in [6.07, 6.45) is 6.94. The van der Waals surface area contributed by atoms with E-state index < -0.39 is 0 Å². The fraction of sp³-hybridized carbons (Fsp3) is 0.450. The molecule has 1 fully saturated rings. The molecule has 1 aromatic heterocycles. The Morgan fingerprint density at radius 2 is 2.04 bits per heavy atom. The monoisotopic (exact) mass is 352 g/mol. The van der Waals surface area contributed by atoms with E-state index in [0.717, 1.165) is 43.6 Å². The summed E-state index contributed by atoms with van der Waals surface area (Å²) in [4.78, 5) is 26.7. The van der Waals surface area contributed by atoms with Gasteiger partial charge in [-0.25, -0.2) is 4.68 Å². The van der Waals surface area contributed by atoms with Gasteiger partial charge in [-0.2, -0.15) is 5.10 Å². The first-order chi connectivity index (χ1) is 12.6. The minimum atomic E-state index is -0.132. The molecule has 2 heterocycles. The summed E-state index contributed by atoms with van der Waals surface area (Å²) in [5, 5.41) is 7.17. The van der Waals surface area contributed by atoms with Gasteiger partial charge >= 0.3 is 0 Å². The van der Waals surface area contributed by atoms with E-state index in [-0.39, 0.29) is 17.4 Å². The fourth-order valence-electron chi connectivity index (χ4n) is 3.95. The van der Waals surface area contributed by atoms with E-state index in [1.165, 1.54) is 22.2 Å². The van der Waals surface area contributed by atoms with Gasteiger partial charge in [0.25, 0.3) is 5.56 Å². The zero-order valence-corrected chi connectivity index (χ0v) is 15.1. The minimum absolute atomic E-state index is 0.0597. The molecule has 26 heavy (non-hydrogen) atoms. The Morgan fingerprint density at radius 3 is 2.88 bits per heavy atom. The summed E-state index contributed by atoms with van der Waals surface area (Å²) in [5.41, 5.74) is 4.32. The van der Waals surface area contributed by atoms with Gasteiger partial charge in [0, 0.05) is 31.9 Å². The highest BCUT2D eigenvalue weighted by atomic mass is 16.2. The highest BCUT2D eigenvalue weighted by molar-refractivity contribution is 5.93. The smallest absolute Gasteiger partial charge is 0.268 e. The number of piperidine rings is 1. The number of hydrogen-bond acceptors (Lipinski definition) is 4. The average molecular weight is 352 g/mol. The van der Waals surface area contributed by atoms with Crippen LogP contribution >= 0.6 is 0 Å². The summed E-state index contributed by atoms with van der Waals surface area (Å²) in [6, 6.07) is 7.85. The van der Waals surface area contributed by atoms with Gasteiger partial charge in [0.2, 0.25) is 5.91 Å². The van der Waals surface area contributed by atoms with E-state index in [2.05, 4.69) is 27.4 Å². The van der Waals surface area contributed by atoms with E-state index in [1.807, 2.05) is 6.07 Å². The number of nitrogens with one attached hydrogen (secondary N) is 1. The Morgan fingerprint density at radius 1 is 1.19 bits per heavy atom. The molecule has 1 aliphatic carbocycles. The van der Waals surface area contributed by atoms with Crippen molar-refractivity contribution >= 4 is 17.3 Å². The van der Waals surface area contributed by atoms with Crippen molar-refractivity contribution in [1.82, 2.24) is 9.78 Å². The summed E-state index contributed by atoms with van der Waals surface area (Å²) in [6.45, 7) is 1.46. The molecule has 1 amide bonds. The van der Waals surface area contributed by atoms with Crippen LogP contribution in [0.15, 0.2) is 35.3 Å². The van der Waals surface area contributed by atoms with Crippen LogP contribution in [0.3, 0.4) is 0 Å². The van der Waals surface area contributed by atoms with Gasteiger partial charge in [0.15, 0.2) is 0 Å². The summed E-state index contributed by atoms with van der Waals surface area (Å²) < 4.78 is 1.31. The van der Waals surface area contributed by atoms with Crippen LogP contribution in [0.25, 0.3) is 0 Å². The Bertz CT molecular complexity index is 890. The van der Waals surface area contributed by atoms with Gasteiger partial charge in [-0.05, 0) is 55.4 Å². The highest BCUT2D eigenvalue weighted by Gasteiger charge is 2.26. The molecule has 0 radical (unpaired) electrons. The Kier molecular flexibility index (Phi) is 4.49. The first-order valence-corrected chi connectivity index (χ1v) is 9.31. The zero-order chi connectivity index (χ0) is 18.1. The number of amides is 1. The Balaban J connectivity index is 1.44. The second kappa shape index (κ2) is 6.94. The van der Waals surface area contributed by atoms with E-state index >= 15 is 0 Å². The standard InChI is InChI=1S/C20H24N4O2/c1-23-19(25)11-18(12-21-23)24-9-3-6-16(13-24)20(26)22-17-8-7-14-4-2-5-15(14)10-17/h7-8,10-12,16H,2-6,9,13H2,1H3,(H,22,26)/t16-/m0/s1. The lowest BCUT2D eigenvalue weighted by molar-refractivity contribution is -0.120. The second-order valence-corrected chi connectivity index (χ2v) is 7.29. The molecule has 1 N–H and O–H groups in total. The first kappa shape index (κ1) is 16.8. The number of aromatic nitrogens is 2. The number of carbonyl (C=O) groups excluding carboxylic acids is 1. The lowest BCUT2D eigenvalue weighted by Crippen LogP contribution is -2.41. The first-order valence-electron chi connectivity index (χ1n) is 9.31. The predicted octanol–water partition coefficient (Wildman–Crippen LogP) is 2.12. The van der Waals surface area contributed by atoms with Gasteiger partial charge in [-0.3, -0.25) is 9.59 Å². The highest BCUT2D eigenvalue weighted by Crippen LogP contribution is 2.26. The third-order valence-electron chi connectivity index (χ3n) is 5.48. The van der Waals surface area contributed by atoms with Crippen LogP contribution in [-0.2, 0) is 24.7 Å². The van der Waals surface area contributed by atoms with Crippen molar-refractivity contribution in [3.05, 3.63) is 51.9 Å². The quantitative estimate of drug-likeness (QED) is 0.919. The third-order valence-corrected chi connectivity index (χ3v) is 5.48. The van der Waals surface area contributed by atoms with Crippen LogP contribution in [0.4, 0.5) is 11.4 Å².